The fraction of sp³-hybridized carbons (Fsp3) is 0.412. The van der Waals surface area contributed by atoms with Crippen molar-refractivity contribution in [1.82, 2.24) is 14.7 Å². The lowest BCUT2D eigenvalue weighted by Gasteiger charge is -2.12. The van der Waals surface area contributed by atoms with Gasteiger partial charge < -0.3 is 9.64 Å². The molecule has 1 fully saturated rings. The maximum absolute atomic E-state index is 14.3. The summed E-state index contributed by atoms with van der Waals surface area (Å²) < 4.78 is 21.0. The predicted octanol–water partition coefficient (Wildman–Crippen LogP) is 2.95. The summed E-state index contributed by atoms with van der Waals surface area (Å²) in [4.78, 5) is 14.3. The van der Waals surface area contributed by atoms with Gasteiger partial charge in [-0.05, 0) is 38.0 Å². The van der Waals surface area contributed by atoms with Crippen LogP contribution in [0, 0.1) is 5.82 Å². The summed E-state index contributed by atoms with van der Waals surface area (Å²) in [5.74, 6) is -0.00817. The summed E-state index contributed by atoms with van der Waals surface area (Å²) in [7, 11) is 1.50. The molecule has 2 aromatic rings. The molecule has 0 saturated carbocycles. The Balaban J connectivity index is 1.97. The van der Waals surface area contributed by atoms with Gasteiger partial charge in [-0.1, -0.05) is 0 Å². The molecule has 6 heteroatoms. The number of methoxy groups -OCH3 is 1. The Morgan fingerprint density at radius 1 is 1.30 bits per heavy atom. The fourth-order valence-corrected chi connectivity index (χ4v) is 2.89. The smallest absolute Gasteiger partial charge is 0.274 e. The number of nitrogens with zero attached hydrogens (tertiary/aromatic N) is 3. The molecular weight excluding hydrogens is 297 g/mol. The van der Waals surface area contributed by atoms with Crippen molar-refractivity contribution in [2.45, 2.75) is 26.3 Å². The summed E-state index contributed by atoms with van der Waals surface area (Å²) in [5, 5.41) is 4.36. The second-order valence-electron chi connectivity index (χ2n) is 5.58. The summed E-state index contributed by atoms with van der Waals surface area (Å²) >= 11 is 0. The van der Waals surface area contributed by atoms with Crippen molar-refractivity contribution >= 4 is 5.91 Å². The van der Waals surface area contributed by atoms with E-state index in [0.717, 1.165) is 25.9 Å². The van der Waals surface area contributed by atoms with Gasteiger partial charge in [-0.25, -0.2) is 4.39 Å². The van der Waals surface area contributed by atoms with Gasteiger partial charge in [0.1, 0.15) is 11.6 Å². The molecule has 0 atom stereocenters. The molecule has 1 aromatic heterocycles. The van der Waals surface area contributed by atoms with Gasteiger partial charge in [0.2, 0.25) is 0 Å². The van der Waals surface area contributed by atoms with Crippen LogP contribution in [0.15, 0.2) is 24.3 Å². The average Bonchev–Trinajstić information content (AvgIpc) is 3.23. The van der Waals surface area contributed by atoms with E-state index in [-0.39, 0.29) is 11.7 Å². The van der Waals surface area contributed by atoms with Crippen LogP contribution in [0.5, 0.6) is 5.75 Å². The lowest BCUT2D eigenvalue weighted by molar-refractivity contribution is 0.0786. The van der Waals surface area contributed by atoms with E-state index in [1.165, 1.54) is 13.2 Å². The first-order valence-corrected chi connectivity index (χ1v) is 7.85. The molecule has 2 heterocycles. The van der Waals surface area contributed by atoms with E-state index in [0.29, 0.717) is 29.2 Å². The minimum Gasteiger partial charge on any atom is -0.497 e. The second kappa shape index (κ2) is 6.40. The number of halogens is 1. The van der Waals surface area contributed by atoms with Gasteiger partial charge in [0.25, 0.3) is 5.91 Å². The van der Waals surface area contributed by atoms with E-state index in [4.69, 9.17) is 4.74 Å². The van der Waals surface area contributed by atoms with Gasteiger partial charge in [-0.2, -0.15) is 5.10 Å². The average molecular weight is 317 g/mol. The van der Waals surface area contributed by atoms with E-state index in [1.807, 2.05) is 6.92 Å². The summed E-state index contributed by atoms with van der Waals surface area (Å²) in [5.41, 5.74) is 1.40. The Morgan fingerprint density at radius 3 is 2.65 bits per heavy atom. The molecule has 3 rings (SSSR count). The van der Waals surface area contributed by atoms with Crippen molar-refractivity contribution in [2.75, 3.05) is 20.2 Å². The number of likely N-dealkylation sites (tertiary alicyclic amines) is 1. The van der Waals surface area contributed by atoms with Crippen LogP contribution < -0.4 is 4.74 Å². The van der Waals surface area contributed by atoms with Gasteiger partial charge in [0.05, 0.1) is 12.8 Å². The highest BCUT2D eigenvalue weighted by atomic mass is 19.1. The predicted molar refractivity (Wildman–Crippen MR) is 85.0 cm³/mol. The van der Waals surface area contributed by atoms with Crippen LogP contribution in [0.1, 0.15) is 30.3 Å². The minimum absolute atomic E-state index is 0.0788. The topological polar surface area (TPSA) is 47.4 Å². The lowest BCUT2D eigenvalue weighted by Crippen LogP contribution is -2.28. The summed E-state index contributed by atoms with van der Waals surface area (Å²) in [6.07, 6.45) is 2.06. The van der Waals surface area contributed by atoms with E-state index in [2.05, 4.69) is 5.10 Å². The van der Waals surface area contributed by atoms with Gasteiger partial charge in [-0.15, -0.1) is 0 Å². The van der Waals surface area contributed by atoms with Crippen molar-refractivity contribution in [2.24, 2.45) is 0 Å². The first-order chi connectivity index (χ1) is 11.1. The summed E-state index contributed by atoms with van der Waals surface area (Å²) in [6.45, 7) is 4.02. The Hall–Kier alpha value is -2.37. The number of ether oxygens (including phenoxy) is 1. The van der Waals surface area contributed by atoms with E-state index in [9.17, 15) is 9.18 Å². The van der Waals surface area contributed by atoms with E-state index < -0.39 is 0 Å². The van der Waals surface area contributed by atoms with Gasteiger partial charge in [-0.3, -0.25) is 9.48 Å². The molecule has 0 N–H and O–H groups in total. The van der Waals surface area contributed by atoms with Crippen LogP contribution in [0.25, 0.3) is 11.3 Å². The Labute approximate surface area is 134 Å². The zero-order chi connectivity index (χ0) is 16.4. The Kier molecular flexibility index (Phi) is 4.32. The van der Waals surface area contributed by atoms with Crippen LogP contribution in [0.2, 0.25) is 0 Å². The van der Waals surface area contributed by atoms with Crippen molar-refractivity contribution in [3.05, 3.63) is 35.8 Å². The van der Waals surface area contributed by atoms with Crippen molar-refractivity contribution < 1.29 is 13.9 Å². The third-order valence-corrected chi connectivity index (χ3v) is 4.14. The molecule has 1 aliphatic rings. The highest BCUT2D eigenvalue weighted by molar-refractivity contribution is 5.93. The number of rotatable bonds is 4. The molecule has 1 saturated heterocycles. The maximum atomic E-state index is 14.3. The molecule has 5 nitrogen and oxygen atoms in total. The molecule has 0 unspecified atom stereocenters. The van der Waals surface area contributed by atoms with E-state index >= 15 is 0 Å². The number of hydrogen-bond donors (Lipinski definition) is 0. The number of aryl methyl sites for hydroxylation is 1. The standard InChI is InChI=1S/C17H20FN3O2/c1-3-21-16(13-7-6-12(23-2)10-14(13)18)11-15(19-21)17(22)20-8-4-5-9-20/h6-7,10-11H,3-5,8-9H2,1-2H3. The highest BCUT2D eigenvalue weighted by Gasteiger charge is 2.24. The van der Waals surface area contributed by atoms with Crippen LogP contribution in [0.3, 0.4) is 0 Å². The Morgan fingerprint density at radius 2 is 2.04 bits per heavy atom. The first-order valence-electron chi connectivity index (χ1n) is 7.85. The molecule has 122 valence electrons. The molecular formula is C17H20FN3O2. The molecule has 0 spiro atoms. The normalized spacial score (nSPS) is 14.3. The van der Waals surface area contributed by atoms with Gasteiger partial charge in [0, 0.05) is 31.3 Å². The number of amides is 1. The third kappa shape index (κ3) is 2.93. The third-order valence-electron chi connectivity index (χ3n) is 4.14. The largest absolute Gasteiger partial charge is 0.497 e. The van der Waals surface area contributed by atoms with Crippen LogP contribution in [0.4, 0.5) is 4.39 Å². The van der Waals surface area contributed by atoms with Crippen molar-refractivity contribution in [3.8, 4) is 17.0 Å². The Bertz CT molecular complexity index is 721. The van der Waals surface area contributed by atoms with Gasteiger partial charge in [0.15, 0.2) is 5.69 Å². The quantitative estimate of drug-likeness (QED) is 0.871. The number of aromatic nitrogens is 2. The molecule has 0 radical (unpaired) electrons. The molecule has 1 aromatic carbocycles. The van der Waals surface area contributed by atoms with Crippen molar-refractivity contribution in [3.63, 3.8) is 0 Å². The van der Waals surface area contributed by atoms with E-state index in [1.54, 1.807) is 27.8 Å². The maximum Gasteiger partial charge on any atom is 0.274 e. The zero-order valence-electron chi connectivity index (χ0n) is 13.4. The number of hydrogen-bond acceptors (Lipinski definition) is 3. The zero-order valence-corrected chi connectivity index (χ0v) is 13.4. The highest BCUT2D eigenvalue weighted by Crippen LogP contribution is 2.27. The first kappa shape index (κ1) is 15.5. The fourth-order valence-electron chi connectivity index (χ4n) is 2.89. The summed E-state index contributed by atoms with van der Waals surface area (Å²) in [6, 6.07) is 6.37. The molecule has 1 amide bonds. The molecule has 23 heavy (non-hydrogen) atoms. The van der Waals surface area contributed by atoms with Crippen LogP contribution >= 0.6 is 0 Å². The molecule has 0 bridgehead atoms. The number of carbonyl (C=O) groups excluding carboxylic acids is 1. The van der Waals surface area contributed by atoms with Crippen LogP contribution in [-0.2, 0) is 6.54 Å². The SMILES string of the molecule is CCn1nc(C(=O)N2CCCC2)cc1-c1ccc(OC)cc1F. The second-order valence-corrected chi connectivity index (χ2v) is 5.58. The number of carbonyl (C=O) groups is 1. The minimum atomic E-state index is -0.390. The lowest BCUT2D eigenvalue weighted by atomic mass is 10.1. The monoisotopic (exact) mass is 317 g/mol. The van der Waals surface area contributed by atoms with Crippen molar-refractivity contribution in [1.29, 1.82) is 0 Å². The number of benzene rings is 1. The molecule has 1 aliphatic heterocycles. The van der Waals surface area contributed by atoms with Gasteiger partial charge >= 0.3 is 0 Å². The van der Waals surface area contributed by atoms with Crippen LogP contribution in [-0.4, -0.2) is 40.8 Å². The molecule has 0 aliphatic carbocycles.